The van der Waals surface area contributed by atoms with E-state index in [1.807, 2.05) is 11.9 Å². The number of carbonyl (C=O) groups excluding carboxylic acids is 1. The summed E-state index contributed by atoms with van der Waals surface area (Å²) in [5.41, 5.74) is 0.777. The lowest BCUT2D eigenvalue weighted by atomic mass is 10.2. The monoisotopic (exact) mass is 469 g/mol. The maximum atomic E-state index is 12.4. The molecule has 1 N–H and O–H groups in total. The molecule has 0 aliphatic carbocycles. The summed E-state index contributed by atoms with van der Waals surface area (Å²) < 4.78 is 29.5. The van der Waals surface area contributed by atoms with Crippen LogP contribution in [-0.2, 0) is 10.0 Å². The fraction of sp³-hybridized carbons (Fsp3) is 0.222. The number of likely N-dealkylation sites (tertiary alicyclic amines) is 1. The number of hydrogen-bond donors (Lipinski definition) is 1. The maximum Gasteiger partial charge on any atom is 0.283 e. The fourth-order valence-electron chi connectivity index (χ4n) is 2.68. The minimum atomic E-state index is -3.78. The van der Waals surface area contributed by atoms with E-state index in [1.54, 1.807) is 18.2 Å². The van der Waals surface area contributed by atoms with Gasteiger partial charge in [-0.2, -0.15) is 8.42 Å². The van der Waals surface area contributed by atoms with Crippen LogP contribution in [0.15, 0.2) is 56.2 Å². The van der Waals surface area contributed by atoms with Crippen LogP contribution in [0.3, 0.4) is 0 Å². The van der Waals surface area contributed by atoms with Crippen molar-refractivity contribution in [2.45, 2.75) is 17.7 Å². The SMILES string of the molecule is CN1CCCC1=NS(=O)(=O)c1ccc(NC(=O)c2cc(Br)ccc2Cl)cc1. The zero-order chi connectivity index (χ0) is 19.6. The molecular weight excluding hydrogens is 454 g/mol. The molecule has 2 aromatic carbocycles. The quantitative estimate of drug-likeness (QED) is 0.727. The average molecular weight is 471 g/mol. The molecule has 1 saturated heterocycles. The normalized spacial score (nSPS) is 16.0. The maximum absolute atomic E-state index is 12.4. The molecule has 0 spiro atoms. The third-order valence-corrected chi connectivity index (χ3v) is 6.28. The Morgan fingerprint density at radius 2 is 1.93 bits per heavy atom. The number of benzene rings is 2. The van der Waals surface area contributed by atoms with E-state index < -0.39 is 10.0 Å². The van der Waals surface area contributed by atoms with E-state index in [0.717, 1.165) is 17.4 Å². The van der Waals surface area contributed by atoms with Crippen LogP contribution in [0.4, 0.5) is 5.69 Å². The molecule has 1 aliphatic rings. The van der Waals surface area contributed by atoms with Crippen molar-refractivity contribution in [3.8, 4) is 0 Å². The summed E-state index contributed by atoms with van der Waals surface area (Å²) in [6, 6.07) is 10.9. The van der Waals surface area contributed by atoms with Gasteiger partial charge in [-0.15, -0.1) is 4.40 Å². The Balaban J connectivity index is 1.77. The van der Waals surface area contributed by atoms with Gasteiger partial charge in [0.2, 0.25) is 0 Å². The third kappa shape index (κ3) is 4.69. The van der Waals surface area contributed by atoms with E-state index in [-0.39, 0.29) is 10.8 Å². The van der Waals surface area contributed by atoms with E-state index in [2.05, 4.69) is 25.6 Å². The summed E-state index contributed by atoms with van der Waals surface area (Å²) in [7, 11) is -1.95. The number of nitrogens with zero attached hydrogens (tertiary/aromatic N) is 2. The molecule has 0 bridgehead atoms. The van der Waals surface area contributed by atoms with Crippen LogP contribution in [0.5, 0.6) is 0 Å². The van der Waals surface area contributed by atoms with Gasteiger partial charge in [0.05, 0.1) is 15.5 Å². The summed E-state index contributed by atoms with van der Waals surface area (Å²) in [5.74, 6) is 0.182. The average Bonchev–Trinajstić information content (AvgIpc) is 3.01. The molecule has 142 valence electrons. The highest BCUT2D eigenvalue weighted by atomic mass is 79.9. The van der Waals surface area contributed by atoms with E-state index in [1.165, 1.54) is 24.3 Å². The number of nitrogens with one attached hydrogen (secondary N) is 1. The first-order valence-electron chi connectivity index (χ1n) is 8.18. The number of carbonyl (C=O) groups is 1. The van der Waals surface area contributed by atoms with Crippen LogP contribution in [0.2, 0.25) is 5.02 Å². The van der Waals surface area contributed by atoms with Gasteiger partial charge in [-0.3, -0.25) is 4.79 Å². The first-order chi connectivity index (χ1) is 12.8. The summed E-state index contributed by atoms with van der Waals surface area (Å²) in [5, 5.41) is 3.03. The van der Waals surface area contributed by atoms with Gasteiger partial charge in [0.15, 0.2) is 0 Å². The van der Waals surface area contributed by atoms with Crippen molar-refractivity contribution in [2.75, 3.05) is 18.9 Å². The minimum Gasteiger partial charge on any atom is -0.362 e. The van der Waals surface area contributed by atoms with Crippen LogP contribution < -0.4 is 5.32 Å². The van der Waals surface area contributed by atoms with Crippen LogP contribution in [0.25, 0.3) is 0 Å². The zero-order valence-electron chi connectivity index (χ0n) is 14.4. The molecule has 1 amide bonds. The van der Waals surface area contributed by atoms with Crippen molar-refractivity contribution in [3.63, 3.8) is 0 Å². The highest BCUT2D eigenvalue weighted by Crippen LogP contribution is 2.23. The molecule has 6 nitrogen and oxygen atoms in total. The van der Waals surface area contributed by atoms with E-state index in [0.29, 0.717) is 28.5 Å². The molecule has 0 radical (unpaired) electrons. The Morgan fingerprint density at radius 1 is 1.22 bits per heavy atom. The van der Waals surface area contributed by atoms with E-state index in [9.17, 15) is 13.2 Å². The van der Waals surface area contributed by atoms with E-state index in [4.69, 9.17) is 11.6 Å². The van der Waals surface area contributed by atoms with Crippen molar-refractivity contribution >= 4 is 55.0 Å². The second kappa shape index (κ2) is 8.00. The number of amides is 1. The Bertz CT molecular complexity index is 1010. The van der Waals surface area contributed by atoms with Crippen molar-refractivity contribution in [1.29, 1.82) is 0 Å². The molecular formula is C18H17BrClN3O3S. The fourth-order valence-corrected chi connectivity index (χ4v) is 4.34. The minimum absolute atomic E-state index is 0.0776. The molecule has 0 atom stereocenters. The van der Waals surface area contributed by atoms with Crippen LogP contribution in [0, 0.1) is 0 Å². The van der Waals surface area contributed by atoms with Gasteiger partial charge in [0.25, 0.3) is 15.9 Å². The van der Waals surface area contributed by atoms with Crippen LogP contribution in [-0.4, -0.2) is 38.7 Å². The number of amidine groups is 1. The zero-order valence-corrected chi connectivity index (χ0v) is 17.6. The van der Waals surface area contributed by atoms with Crippen molar-refractivity contribution in [1.82, 2.24) is 4.90 Å². The Hall–Kier alpha value is -1.90. The van der Waals surface area contributed by atoms with Gasteiger partial charge in [0.1, 0.15) is 5.84 Å². The topological polar surface area (TPSA) is 78.8 Å². The molecule has 0 saturated carbocycles. The lowest BCUT2D eigenvalue weighted by Gasteiger charge is -2.11. The number of anilines is 1. The van der Waals surface area contributed by atoms with Gasteiger partial charge in [-0.1, -0.05) is 27.5 Å². The molecule has 1 fully saturated rings. The first kappa shape index (κ1) is 19.9. The van der Waals surface area contributed by atoms with Gasteiger partial charge < -0.3 is 10.2 Å². The first-order valence-corrected chi connectivity index (χ1v) is 10.8. The van der Waals surface area contributed by atoms with Gasteiger partial charge in [0, 0.05) is 30.2 Å². The lowest BCUT2D eigenvalue weighted by Crippen LogP contribution is -2.20. The highest BCUT2D eigenvalue weighted by Gasteiger charge is 2.20. The number of hydrogen-bond acceptors (Lipinski definition) is 3. The molecule has 0 aromatic heterocycles. The van der Waals surface area contributed by atoms with Gasteiger partial charge in [-0.25, -0.2) is 0 Å². The van der Waals surface area contributed by atoms with E-state index >= 15 is 0 Å². The summed E-state index contributed by atoms with van der Waals surface area (Å²) >= 11 is 9.36. The van der Waals surface area contributed by atoms with Gasteiger partial charge in [-0.05, 0) is 48.9 Å². The standard InChI is InChI=1S/C18H17BrClN3O3S/c1-23-10-2-3-17(23)22-27(25,26)14-7-5-13(6-8-14)21-18(24)15-11-12(19)4-9-16(15)20/h4-9,11H,2-3,10H2,1H3,(H,21,24). The molecule has 3 rings (SSSR count). The predicted octanol–water partition coefficient (Wildman–Crippen LogP) is 4.17. The smallest absolute Gasteiger partial charge is 0.283 e. The second-order valence-electron chi connectivity index (χ2n) is 6.11. The third-order valence-electron chi connectivity index (χ3n) is 4.14. The van der Waals surface area contributed by atoms with Crippen LogP contribution in [0.1, 0.15) is 23.2 Å². The Kier molecular flexibility index (Phi) is 5.88. The van der Waals surface area contributed by atoms with Gasteiger partial charge >= 0.3 is 0 Å². The van der Waals surface area contributed by atoms with Crippen molar-refractivity contribution in [2.24, 2.45) is 4.40 Å². The lowest BCUT2D eigenvalue weighted by molar-refractivity contribution is 0.102. The number of halogens is 2. The summed E-state index contributed by atoms with van der Waals surface area (Å²) in [6.07, 6.45) is 1.55. The number of rotatable bonds is 4. The second-order valence-corrected chi connectivity index (χ2v) is 9.04. The largest absolute Gasteiger partial charge is 0.362 e. The molecule has 27 heavy (non-hydrogen) atoms. The van der Waals surface area contributed by atoms with Crippen molar-refractivity contribution < 1.29 is 13.2 Å². The Labute approximate surface area is 171 Å². The highest BCUT2D eigenvalue weighted by molar-refractivity contribution is 9.10. The predicted molar refractivity (Wildman–Crippen MR) is 110 cm³/mol. The number of sulfonamides is 1. The molecule has 0 unspecified atom stereocenters. The van der Waals surface area contributed by atoms with Crippen LogP contribution >= 0.6 is 27.5 Å². The molecule has 1 aliphatic heterocycles. The van der Waals surface area contributed by atoms with Crippen molar-refractivity contribution in [3.05, 3.63) is 57.5 Å². The Morgan fingerprint density at radius 3 is 2.56 bits per heavy atom. The molecule has 1 heterocycles. The molecule has 2 aromatic rings. The summed E-state index contributed by atoms with van der Waals surface area (Å²) in [4.78, 5) is 14.3. The molecule has 9 heteroatoms. The summed E-state index contributed by atoms with van der Waals surface area (Å²) in [6.45, 7) is 0.803.